The summed E-state index contributed by atoms with van der Waals surface area (Å²) in [7, 11) is 1.62. The highest BCUT2D eigenvalue weighted by molar-refractivity contribution is 6.05. The Morgan fingerprint density at radius 1 is 1.03 bits per heavy atom. The van der Waals surface area contributed by atoms with Crippen LogP contribution in [0.4, 0.5) is 0 Å². The van der Waals surface area contributed by atoms with Crippen LogP contribution in [0.25, 0.3) is 21.9 Å². The number of phenolic OH excluding ortho intramolecular Hbond substituents is 1. The summed E-state index contributed by atoms with van der Waals surface area (Å²) in [6, 6.07) is 21.7. The van der Waals surface area contributed by atoms with E-state index in [0.29, 0.717) is 24.2 Å². The first-order valence-corrected chi connectivity index (χ1v) is 12.3. The van der Waals surface area contributed by atoms with E-state index in [1.165, 1.54) is 5.56 Å². The summed E-state index contributed by atoms with van der Waals surface area (Å²) in [5, 5.41) is 12.3. The van der Waals surface area contributed by atoms with Crippen LogP contribution in [0.2, 0.25) is 0 Å². The number of hydrogen-bond donors (Lipinski definition) is 1. The molecule has 4 aromatic rings. The number of methoxy groups -OCH3 is 1. The Balaban J connectivity index is 1.72. The van der Waals surface area contributed by atoms with Crippen LogP contribution in [-0.4, -0.2) is 29.6 Å². The van der Waals surface area contributed by atoms with Gasteiger partial charge in [-0.2, -0.15) is 0 Å². The minimum atomic E-state index is -0.134. The maximum atomic E-state index is 12.0. The van der Waals surface area contributed by atoms with Crippen LogP contribution < -0.4 is 9.47 Å². The van der Waals surface area contributed by atoms with Gasteiger partial charge in [0.15, 0.2) is 0 Å². The monoisotopic (exact) mass is 481 g/mol. The highest BCUT2D eigenvalue weighted by Crippen LogP contribution is 2.47. The molecule has 0 saturated heterocycles. The lowest BCUT2D eigenvalue weighted by atomic mass is 9.81. The number of aromatic hydroxyl groups is 1. The van der Waals surface area contributed by atoms with E-state index in [2.05, 4.69) is 26.8 Å². The average molecular weight is 482 g/mol. The molecule has 5 rings (SSSR count). The molecule has 36 heavy (non-hydrogen) atoms. The molecule has 1 amide bonds. The first kappa shape index (κ1) is 23.7. The number of benzene rings is 4. The van der Waals surface area contributed by atoms with E-state index >= 15 is 0 Å². The van der Waals surface area contributed by atoms with Gasteiger partial charge in [-0.15, -0.1) is 0 Å². The number of carbonyl (C=O) groups is 1. The lowest BCUT2D eigenvalue weighted by Crippen LogP contribution is -2.40. The number of phenols is 1. The Bertz CT molecular complexity index is 1430. The van der Waals surface area contributed by atoms with Crippen molar-refractivity contribution >= 4 is 17.2 Å². The molecule has 0 fully saturated rings. The van der Waals surface area contributed by atoms with E-state index in [9.17, 15) is 9.90 Å². The third-order valence-electron chi connectivity index (χ3n) is 7.34. The predicted molar refractivity (Wildman–Crippen MR) is 143 cm³/mol. The Morgan fingerprint density at radius 3 is 2.53 bits per heavy atom. The van der Waals surface area contributed by atoms with Crippen LogP contribution in [-0.2, 0) is 17.8 Å². The second-order valence-electron chi connectivity index (χ2n) is 9.53. The van der Waals surface area contributed by atoms with Gasteiger partial charge < -0.3 is 19.5 Å². The minimum Gasteiger partial charge on any atom is -0.507 e. The Hall–Kier alpha value is -3.99. The van der Waals surface area contributed by atoms with Crippen molar-refractivity contribution in [2.75, 3.05) is 7.11 Å². The fraction of sp³-hybridized carbons (Fsp3) is 0.258. The molecule has 184 valence electrons. The second kappa shape index (κ2) is 9.57. The minimum absolute atomic E-state index is 0.0475. The number of nitrogens with zero attached hydrogens (tertiary/aromatic N) is 1. The van der Waals surface area contributed by atoms with E-state index in [-0.39, 0.29) is 17.8 Å². The van der Waals surface area contributed by atoms with Gasteiger partial charge in [0.05, 0.1) is 18.5 Å². The third-order valence-corrected chi connectivity index (χ3v) is 7.34. The zero-order valence-corrected chi connectivity index (χ0v) is 21.1. The molecule has 5 heteroatoms. The molecule has 0 aliphatic carbocycles. The molecule has 4 aromatic carbocycles. The van der Waals surface area contributed by atoms with Gasteiger partial charge in [0, 0.05) is 11.6 Å². The van der Waals surface area contributed by atoms with Gasteiger partial charge in [0.1, 0.15) is 23.9 Å². The van der Waals surface area contributed by atoms with Crippen LogP contribution >= 0.6 is 0 Å². The van der Waals surface area contributed by atoms with Gasteiger partial charge in [-0.3, -0.25) is 4.79 Å². The van der Waals surface area contributed by atoms with Crippen molar-refractivity contribution in [1.29, 1.82) is 0 Å². The highest BCUT2D eigenvalue weighted by atomic mass is 16.5. The van der Waals surface area contributed by atoms with Crippen molar-refractivity contribution in [3.8, 4) is 28.4 Å². The van der Waals surface area contributed by atoms with Crippen molar-refractivity contribution in [2.45, 2.75) is 45.9 Å². The molecular formula is C31H31NO4. The van der Waals surface area contributed by atoms with E-state index in [1.807, 2.05) is 59.5 Å². The van der Waals surface area contributed by atoms with Crippen molar-refractivity contribution in [1.82, 2.24) is 4.90 Å². The molecule has 1 heterocycles. The van der Waals surface area contributed by atoms with Crippen LogP contribution in [0.15, 0.2) is 66.7 Å². The van der Waals surface area contributed by atoms with Crippen LogP contribution in [0.3, 0.4) is 0 Å². The molecule has 0 spiro atoms. The molecule has 5 nitrogen and oxygen atoms in total. The molecule has 1 aliphatic heterocycles. The van der Waals surface area contributed by atoms with Gasteiger partial charge in [-0.05, 0) is 78.6 Å². The third kappa shape index (κ3) is 3.95. The lowest BCUT2D eigenvalue weighted by Gasteiger charge is -2.39. The highest BCUT2D eigenvalue weighted by Gasteiger charge is 2.33. The fourth-order valence-electron chi connectivity index (χ4n) is 5.62. The molecule has 1 aliphatic rings. The molecule has 0 bridgehead atoms. The number of hydrogen-bond acceptors (Lipinski definition) is 4. The molecule has 0 saturated carbocycles. The summed E-state index contributed by atoms with van der Waals surface area (Å²) in [4.78, 5) is 13.9. The van der Waals surface area contributed by atoms with Crippen LogP contribution in [0, 0.1) is 6.92 Å². The number of carbonyl (C=O) groups excluding carboxylic acids is 1. The molecule has 0 radical (unpaired) electrons. The van der Waals surface area contributed by atoms with Crippen LogP contribution in [0.5, 0.6) is 17.2 Å². The fourth-order valence-corrected chi connectivity index (χ4v) is 5.62. The first-order chi connectivity index (χ1) is 17.4. The Morgan fingerprint density at radius 2 is 1.81 bits per heavy atom. The van der Waals surface area contributed by atoms with Gasteiger partial charge in [-0.25, -0.2) is 0 Å². The van der Waals surface area contributed by atoms with Crippen molar-refractivity contribution in [3.05, 3.63) is 89.0 Å². The van der Waals surface area contributed by atoms with E-state index in [4.69, 9.17) is 9.47 Å². The van der Waals surface area contributed by atoms with Crippen molar-refractivity contribution in [2.24, 2.45) is 0 Å². The smallest absolute Gasteiger partial charge is 0.210 e. The molecule has 2 atom stereocenters. The SMILES string of the molecule is COc1cc(C)c(-c2ccc(OCc3ccccc3)c3c2C[C@@H](C)N(C=O)[C@@H]3C)c2cccc(O)c12. The van der Waals surface area contributed by atoms with E-state index in [1.54, 1.807) is 13.2 Å². The molecule has 0 aromatic heterocycles. The number of amides is 1. The average Bonchev–Trinajstić information content (AvgIpc) is 2.88. The first-order valence-electron chi connectivity index (χ1n) is 12.3. The topological polar surface area (TPSA) is 59.0 Å². The lowest BCUT2D eigenvalue weighted by molar-refractivity contribution is -0.122. The normalized spacial score (nSPS) is 17.1. The summed E-state index contributed by atoms with van der Waals surface area (Å²) in [6.07, 6.45) is 1.65. The Kier molecular flexibility index (Phi) is 6.31. The van der Waals surface area contributed by atoms with Crippen molar-refractivity contribution in [3.63, 3.8) is 0 Å². The largest absolute Gasteiger partial charge is 0.507 e. The standard InChI is InChI=1S/C31H31NO4/c1-19-15-28(35-4)31-24(11-8-12-26(31)34)29(19)23-13-14-27(36-17-22-9-6-5-7-10-22)30-21(3)32(18-33)20(2)16-25(23)30/h5-15,18,20-21,34H,16-17H2,1-4H3/t20-,21-/m1/s1. The predicted octanol–water partition coefficient (Wildman–Crippen LogP) is 6.57. The summed E-state index contributed by atoms with van der Waals surface area (Å²) in [5.74, 6) is 1.63. The van der Waals surface area contributed by atoms with E-state index < -0.39 is 0 Å². The summed E-state index contributed by atoms with van der Waals surface area (Å²) in [5.41, 5.74) is 6.52. The maximum absolute atomic E-state index is 12.0. The summed E-state index contributed by atoms with van der Waals surface area (Å²) < 4.78 is 12.0. The van der Waals surface area contributed by atoms with Gasteiger partial charge >= 0.3 is 0 Å². The second-order valence-corrected chi connectivity index (χ2v) is 9.53. The zero-order valence-electron chi connectivity index (χ0n) is 21.1. The molecular weight excluding hydrogens is 450 g/mol. The number of ether oxygens (including phenoxy) is 2. The number of fused-ring (bicyclic) bond motifs is 2. The quantitative estimate of drug-likeness (QED) is 0.316. The van der Waals surface area contributed by atoms with Gasteiger partial charge in [-0.1, -0.05) is 48.5 Å². The van der Waals surface area contributed by atoms with E-state index in [0.717, 1.165) is 45.4 Å². The zero-order chi connectivity index (χ0) is 25.4. The number of aryl methyl sites for hydroxylation is 1. The Labute approximate surface area is 211 Å². The van der Waals surface area contributed by atoms with Crippen molar-refractivity contribution < 1.29 is 19.4 Å². The van der Waals surface area contributed by atoms with Crippen LogP contribution in [0.1, 0.15) is 42.1 Å². The molecule has 1 N–H and O–H groups in total. The summed E-state index contributed by atoms with van der Waals surface area (Å²) >= 11 is 0. The summed E-state index contributed by atoms with van der Waals surface area (Å²) in [6.45, 7) is 6.67. The molecule has 0 unspecified atom stereocenters. The van der Waals surface area contributed by atoms with Gasteiger partial charge in [0.2, 0.25) is 6.41 Å². The van der Waals surface area contributed by atoms with Gasteiger partial charge in [0.25, 0.3) is 0 Å². The maximum Gasteiger partial charge on any atom is 0.210 e. The number of rotatable bonds is 6.